The Kier molecular flexibility index (Phi) is 925. The third kappa shape index (κ3) is 36.0. The van der Waals surface area contributed by atoms with E-state index in [1.807, 2.05) is 0 Å². The first-order valence-electron chi connectivity index (χ1n) is 0. The molecule has 0 N–H and O–H groups in total. The second-order valence-electron chi connectivity index (χ2n) is 0. The molecule has 0 amide bonds. The van der Waals surface area contributed by atoms with Crippen LogP contribution in [0.15, 0.2) is 0 Å². The molecule has 0 heterocycles. The van der Waals surface area contributed by atoms with E-state index in [9.17, 15) is 0 Å². The first-order valence-corrected chi connectivity index (χ1v) is 0. The molecule has 0 spiro atoms. The first-order chi connectivity index (χ1) is 0. The Morgan fingerprint density at radius 1 is 0.500 bits per heavy atom. The molecule has 0 fully saturated rings. The minimum Gasteiger partial charge on any atom is -2.00 e. The molecule has 6 heavy (non-hydrogen) atoms. The van der Waals surface area contributed by atoms with Crippen molar-refractivity contribution >= 4 is 48.9 Å². The maximum atomic E-state index is 0. The molecule has 0 atom stereocenters. The summed E-state index contributed by atoms with van der Waals surface area (Å²) in [6.07, 6.45) is 0. The molecular formula is BaO4W. The normalized spacial score (nSPS) is 0. The maximum absolute atomic E-state index is 0. The molecule has 0 radical (unpaired) electrons. The summed E-state index contributed by atoms with van der Waals surface area (Å²) in [6.45, 7) is 0. The Morgan fingerprint density at radius 3 is 0.500 bits per heavy atom. The molecule has 32 valence electrons. The van der Waals surface area contributed by atoms with Crippen LogP contribution in [0.2, 0.25) is 0 Å². The third-order valence-corrected chi connectivity index (χ3v) is 0. The molecule has 0 aliphatic heterocycles. The van der Waals surface area contributed by atoms with Gasteiger partial charge < -0.3 is 21.9 Å². The first kappa shape index (κ1) is 92.6. The molecule has 0 aromatic carbocycles. The zero-order valence-electron chi connectivity index (χ0n) is 2.75. The van der Waals surface area contributed by atoms with Gasteiger partial charge in [0.05, 0.1) is 0 Å². The van der Waals surface area contributed by atoms with Crippen LogP contribution < -0.4 is 0 Å². The fourth-order valence-corrected chi connectivity index (χ4v) is 0. The van der Waals surface area contributed by atoms with Crippen LogP contribution in [0.4, 0.5) is 0 Å². The molecule has 0 rings (SSSR count). The van der Waals surface area contributed by atoms with E-state index in [4.69, 9.17) is 0 Å². The Hall–Kier alpha value is 2.10. The Labute approximate surface area is 90.3 Å². The van der Waals surface area contributed by atoms with E-state index in [1.165, 1.54) is 0 Å². The summed E-state index contributed by atoms with van der Waals surface area (Å²) in [5.74, 6) is 0. The predicted octanol–water partition coefficient (Wildman–Crippen LogP) is -0.859. The van der Waals surface area contributed by atoms with Crippen LogP contribution in [0, 0.1) is 0 Å². The molecule has 0 aromatic rings. The van der Waals surface area contributed by atoms with E-state index < -0.39 is 0 Å². The quantitative estimate of drug-likeness (QED) is 0.483. The van der Waals surface area contributed by atoms with Crippen molar-refractivity contribution in [3.63, 3.8) is 0 Å². The van der Waals surface area contributed by atoms with E-state index >= 15 is 0 Å². The van der Waals surface area contributed by atoms with Gasteiger partial charge in [-0.15, -0.1) is 0 Å². The Morgan fingerprint density at radius 2 is 0.500 bits per heavy atom. The second-order valence-corrected chi connectivity index (χ2v) is 0. The van der Waals surface area contributed by atoms with Gasteiger partial charge in [-0.3, -0.25) is 0 Å². The standard InChI is InChI=1S/Ba.4O.W/q+2;4*-2;+6. The number of hydrogen-bond donors (Lipinski definition) is 0. The van der Waals surface area contributed by atoms with Crippen molar-refractivity contribution in [3.8, 4) is 0 Å². The molecule has 0 saturated carbocycles. The molecule has 0 unspecified atom stereocenters. The van der Waals surface area contributed by atoms with Crippen LogP contribution in [0.3, 0.4) is 0 Å². The smallest absolute Gasteiger partial charge is 2.00 e. The average molecular weight is 385 g/mol. The van der Waals surface area contributed by atoms with Gasteiger partial charge in [0.1, 0.15) is 0 Å². The second kappa shape index (κ2) is 59.9. The summed E-state index contributed by atoms with van der Waals surface area (Å²) in [5.41, 5.74) is 0. The minimum atomic E-state index is 0. The molecular weight excluding hydrogens is 385 g/mol. The molecule has 0 aromatic heterocycles. The van der Waals surface area contributed by atoms with Gasteiger partial charge >= 0.3 is 69.9 Å². The summed E-state index contributed by atoms with van der Waals surface area (Å²) in [4.78, 5) is 0. The Balaban J connectivity index is 0. The molecule has 0 bridgehead atoms. The van der Waals surface area contributed by atoms with Crippen molar-refractivity contribution in [1.82, 2.24) is 0 Å². The van der Waals surface area contributed by atoms with Crippen LogP contribution in [0.25, 0.3) is 0 Å². The maximum Gasteiger partial charge on any atom is 6.00 e. The summed E-state index contributed by atoms with van der Waals surface area (Å²) in [5, 5.41) is 0. The van der Waals surface area contributed by atoms with Gasteiger partial charge in [-0.05, 0) is 0 Å². The topological polar surface area (TPSA) is 114 Å². The van der Waals surface area contributed by atoms with Crippen LogP contribution >= 0.6 is 0 Å². The summed E-state index contributed by atoms with van der Waals surface area (Å²) < 4.78 is 0. The fraction of sp³-hybridized carbons (Fsp3) is 0. The van der Waals surface area contributed by atoms with Gasteiger partial charge in [-0.25, -0.2) is 0 Å². The monoisotopic (exact) mass is 386 g/mol. The third-order valence-electron chi connectivity index (χ3n) is 0. The largest absolute Gasteiger partial charge is 6.00 e. The van der Waals surface area contributed by atoms with E-state index in [0.29, 0.717) is 0 Å². The molecule has 0 aliphatic carbocycles. The van der Waals surface area contributed by atoms with Gasteiger partial charge in [-0.2, -0.15) is 0 Å². The van der Waals surface area contributed by atoms with Gasteiger partial charge in [0.25, 0.3) is 0 Å². The van der Waals surface area contributed by atoms with Gasteiger partial charge in [0, 0.05) is 0 Å². The zero-order chi connectivity index (χ0) is 0. The zero-order valence-corrected chi connectivity index (χ0v) is 10.1. The van der Waals surface area contributed by atoms with Crippen LogP contribution in [0.1, 0.15) is 0 Å². The molecule has 0 aliphatic rings. The summed E-state index contributed by atoms with van der Waals surface area (Å²) in [7, 11) is 0. The average Bonchev–Trinajstić information content (AvgIpc) is 0. The minimum absolute atomic E-state index is 0. The van der Waals surface area contributed by atoms with E-state index in [-0.39, 0.29) is 91.9 Å². The van der Waals surface area contributed by atoms with Crippen LogP contribution in [-0.2, 0) is 43.0 Å². The summed E-state index contributed by atoms with van der Waals surface area (Å²) in [6, 6.07) is 0. The Bertz CT molecular complexity index is 7.51. The van der Waals surface area contributed by atoms with E-state index in [1.54, 1.807) is 0 Å². The number of rotatable bonds is 0. The van der Waals surface area contributed by atoms with Crippen LogP contribution in [-0.4, -0.2) is 48.9 Å². The van der Waals surface area contributed by atoms with Crippen molar-refractivity contribution < 1.29 is 43.0 Å². The molecule has 4 nitrogen and oxygen atoms in total. The van der Waals surface area contributed by atoms with E-state index in [2.05, 4.69) is 0 Å². The van der Waals surface area contributed by atoms with Crippen molar-refractivity contribution in [1.29, 1.82) is 0 Å². The van der Waals surface area contributed by atoms with Crippen molar-refractivity contribution in [2.75, 3.05) is 0 Å². The number of hydrogen-bond acceptors (Lipinski definition) is 0. The van der Waals surface area contributed by atoms with Crippen molar-refractivity contribution in [2.45, 2.75) is 0 Å². The van der Waals surface area contributed by atoms with Crippen molar-refractivity contribution in [3.05, 3.63) is 0 Å². The fourth-order valence-electron chi connectivity index (χ4n) is 0. The van der Waals surface area contributed by atoms with Gasteiger partial charge in [0.2, 0.25) is 0 Å². The van der Waals surface area contributed by atoms with Gasteiger partial charge in [0.15, 0.2) is 0 Å². The SMILES string of the molecule is [Ba+2].[O-2].[O-2].[O-2].[O-2].[W+6]. The molecule has 0 saturated heterocycles. The summed E-state index contributed by atoms with van der Waals surface area (Å²) >= 11 is 0. The molecule has 6 heteroatoms. The van der Waals surface area contributed by atoms with Crippen molar-refractivity contribution in [2.24, 2.45) is 0 Å². The van der Waals surface area contributed by atoms with Gasteiger partial charge in [-0.1, -0.05) is 0 Å². The predicted molar refractivity (Wildman–Crippen MR) is 8.50 cm³/mol. The van der Waals surface area contributed by atoms with E-state index in [0.717, 1.165) is 0 Å². The van der Waals surface area contributed by atoms with Crippen LogP contribution in [0.5, 0.6) is 0 Å².